The molecule has 1 aromatic rings. The monoisotopic (exact) mass is 196 g/mol. The van der Waals surface area contributed by atoms with Crippen LogP contribution < -0.4 is 5.73 Å². The number of benzene rings is 1. The van der Waals surface area contributed by atoms with Gasteiger partial charge >= 0.3 is 0 Å². The lowest BCUT2D eigenvalue weighted by molar-refractivity contribution is 0.628. The van der Waals surface area contributed by atoms with Crippen LogP contribution in [0.4, 0.5) is 4.39 Å². The molecule has 0 heterocycles. The summed E-state index contributed by atoms with van der Waals surface area (Å²) in [7, 11) is 0. The summed E-state index contributed by atoms with van der Waals surface area (Å²) < 4.78 is 12.9. The smallest absolute Gasteiger partial charge is 0.142 e. The zero-order valence-electron chi connectivity index (χ0n) is 6.59. The number of nitrogens with two attached hydrogens (primary N) is 1. The molecule has 1 aromatic carbocycles. The van der Waals surface area contributed by atoms with E-state index in [1.165, 1.54) is 12.1 Å². The van der Waals surface area contributed by atoms with Crippen molar-refractivity contribution in [3.63, 3.8) is 0 Å². The summed E-state index contributed by atoms with van der Waals surface area (Å²) >= 11 is 5.46. The SMILES string of the molecule is N#CC=C(N)c1ccc(Cl)c(F)c1. The summed E-state index contributed by atoms with van der Waals surface area (Å²) in [6, 6.07) is 5.89. The molecular formula is C9H6ClFN2. The van der Waals surface area contributed by atoms with E-state index in [9.17, 15) is 4.39 Å². The molecule has 0 saturated carbocycles. The molecule has 0 unspecified atom stereocenters. The zero-order valence-corrected chi connectivity index (χ0v) is 7.35. The van der Waals surface area contributed by atoms with Gasteiger partial charge in [-0.05, 0) is 12.1 Å². The highest BCUT2D eigenvalue weighted by atomic mass is 35.5. The third kappa shape index (κ3) is 2.20. The Morgan fingerprint density at radius 3 is 2.85 bits per heavy atom. The van der Waals surface area contributed by atoms with Crippen molar-refractivity contribution in [2.24, 2.45) is 5.73 Å². The highest BCUT2D eigenvalue weighted by molar-refractivity contribution is 6.30. The summed E-state index contributed by atoms with van der Waals surface area (Å²) in [5, 5.41) is 8.33. The van der Waals surface area contributed by atoms with E-state index in [-0.39, 0.29) is 10.7 Å². The van der Waals surface area contributed by atoms with Crippen molar-refractivity contribution in [3.8, 4) is 6.07 Å². The minimum Gasteiger partial charge on any atom is -0.398 e. The molecule has 0 atom stereocenters. The molecule has 0 spiro atoms. The van der Waals surface area contributed by atoms with Crippen molar-refractivity contribution in [2.45, 2.75) is 0 Å². The van der Waals surface area contributed by atoms with Crippen molar-refractivity contribution >= 4 is 17.3 Å². The van der Waals surface area contributed by atoms with Crippen molar-refractivity contribution in [2.75, 3.05) is 0 Å². The van der Waals surface area contributed by atoms with E-state index < -0.39 is 5.82 Å². The molecule has 0 aliphatic heterocycles. The fourth-order valence-electron chi connectivity index (χ4n) is 0.829. The van der Waals surface area contributed by atoms with Crippen LogP contribution in [0.15, 0.2) is 24.3 Å². The van der Waals surface area contributed by atoms with Crippen LogP contribution in [0.25, 0.3) is 5.70 Å². The second-order valence-corrected chi connectivity index (χ2v) is 2.76. The van der Waals surface area contributed by atoms with Crippen molar-refractivity contribution in [1.82, 2.24) is 0 Å². The molecule has 2 nitrogen and oxygen atoms in total. The predicted octanol–water partition coefficient (Wildman–Crippen LogP) is 2.30. The Kier molecular flexibility index (Phi) is 2.88. The van der Waals surface area contributed by atoms with Gasteiger partial charge in [0, 0.05) is 17.3 Å². The Hall–Kier alpha value is -1.53. The molecule has 0 aliphatic carbocycles. The molecule has 0 bridgehead atoms. The Morgan fingerprint density at radius 2 is 2.31 bits per heavy atom. The number of rotatable bonds is 1. The number of hydrogen-bond acceptors (Lipinski definition) is 2. The third-order valence-electron chi connectivity index (χ3n) is 1.47. The number of hydrogen-bond donors (Lipinski definition) is 1. The Labute approximate surface area is 80.0 Å². The Bertz CT molecular complexity index is 393. The summed E-state index contributed by atoms with van der Waals surface area (Å²) in [5.41, 5.74) is 6.12. The van der Waals surface area contributed by atoms with E-state index in [1.54, 1.807) is 12.1 Å². The summed E-state index contributed by atoms with van der Waals surface area (Å²) in [4.78, 5) is 0. The highest BCUT2D eigenvalue weighted by Crippen LogP contribution is 2.18. The van der Waals surface area contributed by atoms with E-state index >= 15 is 0 Å². The van der Waals surface area contributed by atoms with Gasteiger partial charge in [-0.3, -0.25) is 0 Å². The van der Waals surface area contributed by atoms with E-state index in [0.29, 0.717) is 5.56 Å². The average molecular weight is 197 g/mol. The molecule has 0 fully saturated rings. The van der Waals surface area contributed by atoms with Gasteiger partial charge < -0.3 is 5.73 Å². The van der Waals surface area contributed by atoms with Gasteiger partial charge in [-0.2, -0.15) is 5.26 Å². The fraction of sp³-hybridized carbons (Fsp3) is 0. The van der Waals surface area contributed by atoms with Gasteiger partial charge in [0.2, 0.25) is 0 Å². The van der Waals surface area contributed by atoms with Gasteiger partial charge in [0.15, 0.2) is 0 Å². The number of nitrogens with zero attached hydrogens (tertiary/aromatic N) is 1. The van der Waals surface area contributed by atoms with Gasteiger partial charge in [-0.25, -0.2) is 4.39 Å². The van der Waals surface area contributed by atoms with Crippen LogP contribution >= 0.6 is 11.6 Å². The molecule has 0 aromatic heterocycles. The molecule has 4 heteroatoms. The van der Waals surface area contributed by atoms with Crippen LogP contribution in [0.3, 0.4) is 0 Å². The molecule has 0 amide bonds. The van der Waals surface area contributed by atoms with Crippen LogP contribution in [0.1, 0.15) is 5.56 Å². The maximum Gasteiger partial charge on any atom is 0.142 e. The number of allylic oxidation sites excluding steroid dienone is 1. The van der Waals surface area contributed by atoms with Gasteiger partial charge in [0.1, 0.15) is 5.82 Å². The van der Waals surface area contributed by atoms with Gasteiger partial charge in [0.25, 0.3) is 0 Å². The van der Waals surface area contributed by atoms with Crippen LogP contribution in [0, 0.1) is 17.1 Å². The first kappa shape index (κ1) is 9.56. The number of nitriles is 1. The van der Waals surface area contributed by atoms with Crippen LogP contribution in [-0.2, 0) is 0 Å². The van der Waals surface area contributed by atoms with Crippen molar-refractivity contribution < 1.29 is 4.39 Å². The van der Waals surface area contributed by atoms with Crippen LogP contribution in [0.2, 0.25) is 5.02 Å². The van der Waals surface area contributed by atoms with E-state index in [1.807, 2.05) is 0 Å². The maximum atomic E-state index is 12.9. The molecule has 2 N–H and O–H groups in total. The minimum atomic E-state index is -0.548. The maximum absolute atomic E-state index is 12.9. The third-order valence-corrected chi connectivity index (χ3v) is 1.78. The van der Waals surface area contributed by atoms with Crippen LogP contribution in [-0.4, -0.2) is 0 Å². The minimum absolute atomic E-state index is 0.0357. The first-order chi connectivity index (χ1) is 6.15. The summed E-state index contributed by atoms with van der Waals surface area (Å²) in [6.45, 7) is 0. The molecule has 66 valence electrons. The highest BCUT2D eigenvalue weighted by Gasteiger charge is 2.02. The first-order valence-corrected chi connectivity index (χ1v) is 3.83. The lowest BCUT2D eigenvalue weighted by atomic mass is 10.1. The molecule has 0 saturated heterocycles. The Morgan fingerprint density at radius 1 is 1.62 bits per heavy atom. The van der Waals surface area contributed by atoms with Gasteiger partial charge in [-0.15, -0.1) is 0 Å². The predicted molar refractivity (Wildman–Crippen MR) is 49.2 cm³/mol. The largest absolute Gasteiger partial charge is 0.398 e. The zero-order chi connectivity index (χ0) is 9.84. The average Bonchev–Trinajstić information content (AvgIpc) is 2.10. The summed E-state index contributed by atoms with van der Waals surface area (Å²) in [5.74, 6) is -0.548. The summed E-state index contributed by atoms with van der Waals surface area (Å²) in [6.07, 6.45) is 1.14. The normalized spacial score (nSPS) is 11.0. The first-order valence-electron chi connectivity index (χ1n) is 3.46. The number of halogens is 2. The molecular weight excluding hydrogens is 191 g/mol. The lowest BCUT2D eigenvalue weighted by Gasteiger charge is -2.00. The second kappa shape index (κ2) is 3.92. The van der Waals surface area contributed by atoms with E-state index in [2.05, 4.69) is 0 Å². The van der Waals surface area contributed by atoms with Crippen molar-refractivity contribution in [3.05, 3.63) is 40.7 Å². The van der Waals surface area contributed by atoms with E-state index in [0.717, 1.165) is 6.08 Å². The van der Waals surface area contributed by atoms with Gasteiger partial charge in [-0.1, -0.05) is 17.7 Å². The molecule has 0 radical (unpaired) electrons. The van der Waals surface area contributed by atoms with Crippen LogP contribution in [0.5, 0.6) is 0 Å². The quantitative estimate of drug-likeness (QED) is 0.701. The van der Waals surface area contributed by atoms with Gasteiger partial charge in [0.05, 0.1) is 11.1 Å². The Balaban J connectivity index is 3.13. The van der Waals surface area contributed by atoms with E-state index in [4.69, 9.17) is 22.6 Å². The second-order valence-electron chi connectivity index (χ2n) is 2.36. The molecule has 1 rings (SSSR count). The molecule has 0 aliphatic rings. The standard InChI is InChI=1S/C9H6ClFN2/c10-7-2-1-6(5-8(7)11)9(13)3-4-12/h1-3,5H,13H2. The fourth-order valence-corrected chi connectivity index (χ4v) is 0.946. The topological polar surface area (TPSA) is 49.8 Å². The van der Waals surface area contributed by atoms with Crippen molar-refractivity contribution in [1.29, 1.82) is 5.26 Å². The molecule has 13 heavy (non-hydrogen) atoms. The lowest BCUT2D eigenvalue weighted by Crippen LogP contribution is -1.96.